The van der Waals surface area contributed by atoms with Crippen LogP contribution in [0.25, 0.3) is 0 Å². The van der Waals surface area contributed by atoms with E-state index in [0.29, 0.717) is 0 Å². The maximum Gasteiger partial charge on any atom is 0.312 e. The van der Waals surface area contributed by atoms with Gasteiger partial charge in [0.25, 0.3) is 0 Å². The van der Waals surface area contributed by atoms with Crippen LogP contribution in [0.15, 0.2) is 17.0 Å². The largest absolute Gasteiger partial charge is 0.501 e. The monoisotopic (exact) mass is 294 g/mol. The van der Waals surface area contributed by atoms with Crippen LogP contribution in [0.3, 0.4) is 0 Å². The predicted molar refractivity (Wildman–Crippen MR) is 65.2 cm³/mol. The summed E-state index contributed by atoms with van der Waals surface area (Å²) in [6.07, 6.45) is 0. The molecular weight excluding hydrogens is 284 g/mol. The number of sulfonamides is 1. The molecule has 100 valence electrons. The standard InChI is InChI=1S/C9H11ClN2O5S/c1-5(2)11-18(16,17)9-6(10)3-4-7(8(9)13)12(14)15/h3-5,11,13H,1-2H3. The van der Waals surface area contributed by atoms with E-state index in [9.17, 15) is 23.6 Å². The summed E-state index contributed by atoms with van der Waals surface area (Å²) in [7, 11) is -4.11. The number of phenolic OH excluding ortho intramolecular Hbond substituents is 1. The number of nitro groups is 1. The van der Waals surface area contributed by atoms with Gasteiger partial charge in [-0.25, -0.2) is 13.1 Å². The molecular formula is C9H11ClN2O5S. The Kier molecular flexibility index (Phi) is 4.15. The third kappa shape index (κ3) is 2.89. The van der Waals surface area contributed by atoms with E-state index in [2.05, 4.69) is 4.72 Å². The molecule has 1 aromatic rings. The molecule has 0 saturated heterocycles. The fourth-order valence-electron chi connectivity index (χ4n) is 1.31. The van der Waals surface area contributed by atoms with Crippen molar-refractivity contribution in [2.75, 3.05) is 0 Å². The fraction of sp³-hybridized carbons (Fsp3) is 0.333. The van der Waals surface area contributed by atoms with Crippen LogP contribution in [0, 0.1) is 10.1 Å². The number of phenols is 1. The zero-order valence-electron chi connectivity index (χ0n) is 9.55. The van der Waals surface area contributed by atoms with Crippen LogP contribution in [0.5, 0.6) is 5.75 Å². The van der Waals surface area contributed by atoms with Crippen molar-refractivity contribution in [1.29, 1.82) is 0 Å². The van der Waals surface area contributed by atoms with Gasteiger partial charge in [-0.2, -0.15) is 0 Å². The van der Waals surface area contributed by atoms with Gasteiger partial charge in [-0.05, 0) is 19.9 Å². The van der Waals surface area contributed by atoms with Crippen LogP contribution in [0.1, 0.15) is 13.8 Å². The van der Waals surface area contributed by atoms with Crippen LogP contribution in [-0.4, -0.2) is 24.5 Å². The molecule has 0 bridgehead atoms. The molecule has 0 atom stereocenters. The maximum atomic E-state index is 11.9. The average Bonchev–Trinajstić information content (AvgIpc) is 2.13. The van der Waals surface area contributed by atoms with E-state index in [1.165, 1.54) is 0 Å². The van der Waals surface area contributed by atoms with Crippen molar-refractivity contribution in [1.82, 2.24) is 4.72 Å². The van der Waals surface area contributed by atoms with Gasteiger partial charge in [-0.1, -0.05) is 11.6 Å². The van der Waals surface area contributed by atoms with Gasteiger partial charge in [0.1, 0.15) is 4.90 Å². The van der Waals surface area contributed by atoms with E-state index >= 15 is 0 Å². The molecule has 9 heteroatoms. The minimum atomic E-state index is -4.11. The van der Waals surface area contributed by atoms with Gasteiger partial charge in [-0.15, -0.1) is 0 Å². The van der Waals surface area contributed by atoms with Gasteiger partial charge < -0.3 is 5.11 Å². The molecule has 0 spiro atoms. The summed E-state index contributed by atoms with van der Waals surface area (Å²) in [5, 5.41) is 20.0. The Morgan fingerprint density at radius 1 is 1.44 bits per heavy atom. The summed E-state index contributed by atoms with van der Waals surface area (Å²) in [4.78, 5) is 9.04. The third-order valence-electron chi connectivity index (χ3n) is 1.92. The first-order valence-corrected chi connectivity index (χ1v) is 6.71. The zero-order chi connectivity index (χ0) is 14.1. The summed E-state index contributed by atoms with van der Waals surface area (Å²) in [5.41, 5.74) is -0.719. The van der Waals surface area contributed by atoms with Crippen LogP contribution in [0.2, 0.25) is 5.02 Å². The molecule has 1 aromatic carbocycles. The third-order valence-corrected chi connectivity index (χ3v) is 4.08. The number of hydrogen-bond acceptors (Lipinski definition) is 5. The molecule has 0 radical (unpaired) electrons. The highest BCUT2D eigenvalue weighted by Crippen LogP contribution is 2.37. The second-order valence-corrected chi connectivity index (χ2v) is 5.84. The van der Waals surface area contributed by atoms with E-state index in [4.69, 9.17) is 11.6 Å². The van der Waals surface area contributed by atoms with Gasteiger partial charge in [0.05, 0.1) is 9.95 Å². The van der Waals surface area contributed by atoms with E-state index in [1.54, 1.807) is 13.8 Å². The lowest BCUT2D eigenvalue weighted by Gasteiger charge is -2.12. The number of benzene rings is 1. The van der Waals surface area contributed by atoms with Crippen LogP contribution < -0.4 is 4.72 Å². The molecule has 0 saturated carbocycles. The molecule has 0 aliphatic rings. The molecule has 0 heterocycles. The van der Waals surface area contributed by atoms with E-state index in [1.807, 2.05) is 0 Å². The van der Waals surface area contributed by atoms with Gasteiger partial charge in [0.2, 0.25) is 15.8 Å². The molecule has 2 N–H and O–H groups in total. The summed E-state index contributed by atoms with van der Waals surface area (Å²) in [6, 6.07) is 1.55. The van der Waals surface area contributed by atoms with E-state index in [0.717, 1.165) is 12.1 Å². The fourth-order valence-corrected chi connectivity index (χ4v) is 3.19. The van der Waals surface area contributed by atoms with Crippen molar-refractivity contribution in [2.45, 2.75) is 24.8 Å². The van der Waals surface area contributed by atoms with Crippen molar-refractivity contribution in [3.8, 4) is 5.75 Å². The normalized spacial score (nSPS) is 11.8. The molecule has 0 aromatic heterocycles. The van der Waals surface area contributed by atoms with Gasteiger partial charge >= 0.3 is 5.69 Å². The smallest absolute Gasteiger partial charge is 0.312 e. The number of hydrogen-bond donors (Lipinski definition) is 2. The minimum absolute atomic E-state index is 0.286. The maximum absolute atomic E-state index is 11.9. The first-order valence-electron chi connectivity index (χ1n) is 4.85. The van der Waals surface area contributed by atoms with E-state index in [-0.39, 0.29) is 5.02 Å². The Bertz CT molecular complexity index is 585. The number of nitro benzene ring substituents is 1. The van der Waals surface area contributed by atoms with Gasteiger partial charge in [0.15, 0.2) is 0 Å². The zero-order valence-corrected chi connectivity index (χ0v) is 11.1. The Labute approximate surface area is 109 Å². The number of halogens is 1. The topological polar surface area (TPSA) is 110 Å². The van der Waals surface area contributed by atoms with Crippen molar-refractivity contribution in [3.05, 3.63) is 27.3 Å². The molecule has 1 rings (SSSR count). The molecule has 0 unspecified atom stereocenters. The summed E-state index contributed by atoms with van der Waals surface area (Å²) >= 11 is 5.67. The van der Waals surface area contributed by atoms with Crippen LogP contribution in [0.4, 0.5) is 5.69 Å². The minimum Gasteiger partial charge on any atom is -0.501 e. The van der Waals surface area contributed by atoms with Gasteiger partial charge in [-0.3, -0.25) is 10.1 Å². The lowest BCUT2D eigenvalue weighted by atomic mass is 10.3. The lowest BCUT2D eigenvalue weighted by Crippen LogP contribution is -2.30. The number of nitrogens with zero attached hydrogens (tertiary/aromatic N) is 1. The number of nitrogens with one attached hydrogen (secondary N) is 1. The second-order valence-electron chi connectivity index (χ2n) is 3.78. The average molecular weight is 295 g/mol. The van der Waals surface area contributed by atoms with Crippen molar-refractivity contribution in [2.24, 2.45) is 0 Å². The Hall–Kier alpha value is -1.38. The SMILES string of the molecule is CC(C)NS(=O)(=O)c1c(Cl)ccc([N+](=O)[O-])c1O. The number of rotatable bonds is 4. The lowest BCUT2D eigenvalue weighted by molar-refractivity contribution is -0.386. The molecule has 7 nitrogen and oxygen atoms in total. The highest BCUT2D eigenvalue weighted by Gasteiger charge is 2.29. The van der Waals surface area contributed by atoms with Crippen LogP contribution in [-0.2, 0) is 10.0 Å². The predicted octanol–water partition coefficient (Wildman–Crippen LogP) is 1.64. The first kappa shape index (κ1) is 14.7. The van der Waals surface area contributed by atoms with Crippen molar-refractivity contribution in [3.63, 3.8) is 0 Å². The Morgan fingerprint density at radius 3 is 2.44 bits per heavy atom. The summed E-state index contributed by atoms with van der Waals surface area (Å²) in [6.45, 7) is 3.14. The second kappa shape index (κ2) is 5.09. The summed E-state index contributed by atoms with van der Waals surface area (Å²) in [5.74, 6) is -0.972. The highest BCUT2D eigenvalue weighted by atomic mass is 35.5. The molecule has 18 heavy (non-hydrogen) atoms. The first-order chi connectivity index (χ1) is 8.16. The molecule has 0 fully saturated rings. The van der Waals surface area contributed by atoms with Crippen molar-refractivity contribution < 1.29 is 18.4 Å². The highest BCUT2D eigenvalue weighted by molar-refractivity contribution is 7.89. The van der Waals surface area contributed by atoms with Gasteiger partial charge in [0, 0.05) is 12.1 Å². The Balaban J connectivity index is 3.50. The van der Waals surface area contributed by atoms with Crippen molar-refractivity contribution >= 4 is 27.3 Å². The van der Waals surface area contributed by atoms with Crippen LogP contribution >= 0.6 is 11.6 Å². The number of aromatic hydroxyl groups is 1. The Morgan fingerprint density at radius 2 is 2.00 bits per heavy atom. The quantitative estimate of drug-likeness (QED) is 0.648. The molecule has 0 aliphatic heterocycles. The summed E-state index contributed by atoms with van der Waals surface area (Å²) < 4.78 is 26.0. The molecule has 0 amide bonds. The molecule has 0 aliphatic carbocycles. The van der Waals surface area contributed by atoms with E-state index < -0.39 is 37.3 Å².